The first-order valence-electron chi connectivity index (χ1n) is 4.49. The highest BCUT2D eigenvalue weighted by molar-refractivity contribution is 5.61. The van der Waals surface area contributed by atoms with Crippen LogP contribution in [0.3, 0.4) is 0 Å². The Morgan fingerprint density at radius 2 is 2.33 bits per heavy atom. The summed E-state index contributed by atoms with van der Waals surface area (Å²) in [5.74, 6) is 0.965. The first-order chi connectivity index (χ1) is 5.86. The van der Waals surface area contributed by atoms with Crippen LogP contribution in [0, 0.1) is 6.92 Å². The van der Waals surface area contributed by atoms with E-state index in [0.29, 0.717) is 0 Å². The van der Waals surface area contributed by atoms with Crippen LogP contribution < -0.4 is 0 Å². The number of nitrogens with zero attached hydrogens (tertiary/aromatic N) is 1. The quantitative estimate of drug-likeness (QED) is 0.636. The Morgan fingerprint density at radius 1 is 1.42 bits per heavy atom. The van der Waals surface area contributed by atoms with Crippen LogP contribution in [0.4, 0.5) is 0 Å². The summed E-state index contributed by atoms with van der Waals surface area (Å²) in [5, 5.41) is 3.88. The Bertz CT molecular complexity index is 299. The van der Waals surface area contributed by atoms with Gasteiger partial charge < -0.3 is 4.52 Å². The Morgan fingerprint density at radius 3 is 2.92 bits per heavy atom. The van der Waals surface area contributed by atoms with E-state index in [1.807, 2.05) is 13.0 Å². The smallest absolute Gasteiger partial charge is 0.162 e. The summed E-state index contributed by atoms with van der Waals surface area (Å²) in [4.78, 5) is 0. The summed E-state index contributed by atoms with van der Waals surface area (Å²) in [5.41, 5.74) is 2.30. The van der Waals surface area contributed by atoms with Gasteiger partial charge in [-0.2, -0.15) is 0 Å². The molecule has 0 unspecified atom stereocenters. The molecule has 2 rings (SSSR count). The lowest BCUT2D eigenvalue weighted by atomic mass is 9.98. The molecule has 0 saturated carbocycles. The van der Waals surface area contributed by atoms with Crippen molar-refractivity contribution in [2.24, 2.45) is 0 Å². The number of hydrogen-bond acceptors (Lipinski definition) is 2. The second-order valence-corrected chi connectivity index (χ2v) is 3.31. The summed E-state index contributed by atoms with van der Waals surface area (Å²) in [6.45, 7) is 1.95. The van der Waals surface area contributed by atoms with E-state index in [1.165, 1.54) is 24.8 Å². The number of hydrogen-bond donors (Lipinski definition) is 0. The van der Waals surface area contributed by atoms with Crippen molar-refractivity contribution < 1.29 is 4.52 Å². The van der Waals surface area contributed by atoms with Gasteiger partial charge in [0.15, 0.2) is 5.76 Å². The lowest BCUT2D eigenvalue weighted by Gasteiger charge is -2.08. The van der Waals surface area contributed by atoms with E-state index in [0.717, 1.165) is 17.9 Å². The molecule has 0 bridgehead atoms. The molecule has 0 amide bonds. The zero-order chi connectivity index (χ0) is 8.39. The van der Waals surface area contributed by atoms with Gasteiger partial charge in [-0.25, -0.2) is 0 Å². The van der Waals surface area contributed by atoms with E-state index < -0.39 is 0 Å². The molecule has 0 atom stereocenters. The minimum absolute atomic E-state index is 0.965. The fourth-order valence-corrected chi connectivity index (χ4v) is 1.58. The molecule has 0 N–H and O–H groups in total. The molecule has 1 aliphatic rings. The molecule has 1 heterocycles. The van der Waals surface area contributed by atoms with Gasteiger partial charge in [0.1, 0.15) is 0 Å². The molecule has 0 fully saturated rings. The van der Waals surface area contributed by atoms with E-state index >= 15 is 0 Å². The molecule has 1 aliphatic carbocycles. The van der Waals surface area contributed by atoms with Gasteiger partial charge >= 0.3 is 0 Å². The fourth-order valence-electron chi connectivity index (χ4n) is 1.58. The maximum absolute atomic E-state index is 5.19. The van der Waals surface area contributed by atoms with Gasteiger partial charge in [0.25, 0.3) is 0 Å². The summed E-state index contributed by atoms with van der Waals surface area (Å²) in [6.07, 6.45) is 7.20. The molecule has 0 saturated heterocycles. The maximum atomic E-state index is 5.19. The number of aromatic nitrogens is 1. The van der Waals surface area contributed by atoms with E-state index in [9.17, 15) is 0 Å². The van der Waals surface area contributed by atoms with Gasteiger partial charge in [-0.3, -0.25) is 0 Å². The second-order valence-electron chi connectivity index (χ2n) is 3.31. The Hall–Kier alpha value is -1.05. The lowest BCUT2D eigenvalue weighted by molar-refractivity contribution is 0.403. The minimum atomic E-state index is 0.965. The molecular weight excluding hydrogens is 150 g/mol. The van der Waals surface area contributed by atoms with Crippen molar-refractivity contribution >= 4 is 5.57 Å². The number of rotatable bonds is 1. The van der Waals surface area contributed by atoms with Crippen molar-refractivity contribution in [2.45, 2.75) is 32.6 Å². The number of aryl methyl sites for hydroxylation is 1. The van der Waals surface area contributed by atoms with Gasteiger partial charge in [-0.1, -0.05) is 11.2 Å². The van der Waals surface area contributed by atoms with Crippen LogP contribution in [0.5, 0.6) is 0 Å². The SMILES string of the molecule is Cc1cc(C2=CCCCC2)on1. The van der Waals surface area contributed by atoms with Gasteiger partial charge in [0.2, 0.25) is 0 Å². The third-order valence-electron chi connectivity index (χ3n) is 2.24. The van der Waals surface area contributed by atoms with E-state index in [1.54, 1.807) is 0 Å². The molecule has 1 aromatic rings. The largest absolute Gasteiger partial charge is 0.356 e. The monoisotopic (exact) mass is 163 g/mol. The van der Waals surface area contributed by atoms with Crippen LogP contribution in [-0.2, 0) is 0 Å². The summed E-state index contributed by atoms with van der Waals surface area (Å²) in [6, 6.07) is 2.01. The van der Waals surface area contributed by atoms with Gasteiger partial charge in [0.05, 0.1) is 5.69 Å². The molecule has 2 heteroatoms. The van der Waals surface area contributed by atoms with Crippen molar-refractivity contribution in [3.8, 4) is 0 Å². The summed E-state index contributed by atoms with van der Waals surface area (Å²) in [7, 11) is 0. The van der Waals surface area contributed by atoms with Crippen molar-refractivity contribution in [1.82, 2.24) is 5.16 Å². The van der Waals surface area contributed by atoms with Gasteiger partial charge in [-0.05, 0) is 38.2 Å². The van der Waals surface area contributed by atoms with Crippen molar-refractivity contribution in [1.29, 1.82) is 0 Å². The highest BCUT2D eigenvalue weighted by atomic mass is 16.5. The molecular formula is C10H13NO. The molecule has 1 aromatic heterocycles. The topological polar surface area (TPSA) is 26.0 Å². The average molecular weight is 163 g/mol. The lowest BCUT2D eigenvalue weighted by Crippen LogP contribution is -1.89. The Balaban J connectivity index is 2.23. The average Bonchev–Trinajstić information content (AvgIpc) is 2.54. The van der Waals surface area contributed by atoms with Crippen LogP contribution in [-0.4, -0.2) is 5.16 Å². The number of allylic oxidation sites excluding steroid dienone is 2. The van der Waals surface area contributed by atoms with Crippen molar-refractivity contribution in [3.05, 3.63) is 23.6 Å². The van der Waals surface area contributed by atoms with Crippen molar-refractivity contribution in [3.63, 3.8) is 0 Å². The molecule has 2 nitrogen and oxygen atoms in total. The minimum Gasteiger partial charge on any atom is -0.356 e. The van der Waals surface area contributed by atoms with Crippen LogP contribution in [0.2, 0.25) is 0 Å². The third-order valence-corrected chi connectivity index (χ3v) is 2.24. The maximum Gasteiger partial charge on any atom is 0.162 e. The summed E-state index contributed by atoms with van der Waals surface area (Å²) < 4.78 is 5.19. The van der Waals surface area contributed by atoms with E-state index in [2.05, 4.69) is 11.2 Å². The molecule has 0 aromatic carbocycles. The van der Waals surface area contributed by atoms with Crippen molar-refractivity contribution in [2.75, 3.05) is 0 Å². The second kappa shape index (κ2) is 3.13. The summed E-state index contributed by atoms with van der Waals surface area (Å²) >= 11 is 0. The van der Waals surface area contributed by atoms with E-state index in [4.69, 9.17) is 4.52 Å². The zero-order valence-electron chi connectivity index (χ0n) is 7.34. The van der Waals surface area contributed by atoms with Crippen LogP contribution in [0.1, 0.15) is 37.1 Å². The molecule has 0 aliphatic heterocycles. The van der Waals surface area contributed by atoms with Crippen LogP contribution >= 0.6 is 0 Å². The first-order valence-corrected chi connectivity index (χ1v) is 4.49. The highest BCUT2D eigenvalue weighted by Gasteiger charge is 2.09. The fraction of sp³-hybridized carbons (Fsp3) is 0.500. The Kier molecular flexibility index (Phi) is 1.98. The molecule has 0 radical (unpaired) electrons. The molecule has 12 heavy (non-hydrogen) atoms. The van der Waals surface area contributed by atoms with Crippen LogP contribution in [0.15, 0.2) is 16.7 Å². The van der Waals surface area contributed by atoms with Crippen LogP contribution in [0.25, 0.3) is 5.57 Å². The standard InChI is InChI=1S/C10H13NO/c1-8-7-10(12-11-8)9-5-3-2-4-6-9/h5,7H,2-4,6H2,1H3. The predicted molar refractivity (Wildman–Crippen MR) is 47.7 cm³/mol. The highest BCUT2D eigenvalue weighted by Crippen LogP contribution is 2.26. The third kappa shape index (κ3) is 1.42. The molecule has 64 valence electrons. The van der Waals surface area contributed by atoms with Gasteiger partial charge in [-0.15, -0.1) is 0 Å². The normalized spacial score (nSPS) is 17.6. The Labute approximate surface area is 72.3 Å². The van der Waals surface area contributed by atoms with E-state index in [-0.39, 0.29) is 0 Å². The zero-order valence-corrected chi connectivity index (χ0v) is 7.34. The predicted octanol–water partition coefficient (Wildman–Crippen LogP) is 2.94. The molecule has 0 spiro atoms. The first kappa shape index (κ1) is 7.59. The van der Waals surface area contributed by atoms with Gasteiger partial charge in [0, 0.05) is 6.07 Å².